The van der Waals surface area contributed by atoms with Gasteiger partial charge in [0, 0.05) is 11.5 Å². The molecule has 0 radical (unpaired) electrons. The minimum absolute atomic E-state index is 0.00832. The summed E-state index contributed by atoms with van der Waals surface area (Å²) >= 11 is 3.21. The van der Waals surface area contributed by atoms with E-state index in [-0.39, 0.29) is 17.5 Å². The second-order valence-electron chi connectivity index (χ2n) is 5.56. The number of carbonyl (C=O) groups excluding carboxylic acids is 1. The fourth-order valence-corrected chi connectivity index (χ4v) is 3.44. The Morgan fingerprint density at radius 2 is 2.00 bits per heavy atom. The van der Waals surface area contributed by atoms with Crippen molar-refractivity contribution in [3.63, 3.8) is 0 Å². The zero-order valence-electron chi connectivity index (χ0n) is 11.6. The monoisotopic (exact) mass is 346 g/mol. The van der Waals surface area contributed by atoms with Crippen LogP contribution in [-0.4, -0.2) is 5.78 Å². The second kappa shape index (κ2) is 6.10. The van der Waals surface area contributed by atoms with Crippen LogP contribution in [0.3, 0.4) is 0 Å². The summed E-state index contributed by atoms with van der Waals surface area (Å²) in [6.45, 7) is 0. The van der Waals surface area contributed by atoms with Crippen LogP contribution in [0, 0.1) is 11.7 Å². The molecule has 1 atom stereocenters. The van der Waals surface area contributed by atoms with Crippen LogP contribution >= 0.6 is 15.9 Å². The fraction of sp³-hybridized carbons (Fsp3) is 0.278. The Morgan fingerprint density at radius 3 is 2.81 bits per heavy atom. The van der Waals surface area contributed by atoms with E-state index in [4.69, 9.17) is 0 Å². The van der Waals surface area contributed by atoms with Crippen molar-refractivity contribution in [2.24, 2.45) is 5.92 Å². The van der Waals surface area contributed by atoms with Crippen LogP contribution in [0.5, 0.6) is 0 Å². The number of benzene rings is 2. The Labute approximate surface area is 132 Å². The van der Waals surface area contributed by atoms with Gasteiger partial charge in [0.1, 0.15) is 5.82 Å². The van der Waals surface area contributed by atoms with Gasteiger partial charge in [0.2, 0.25) is 0 Å². The Morgan fingerprint density at radius 1 is 1.19 bits per heavy atom. The van der Waals surface area contributed by atoms with Gasteiger partial charge in [-0.25, -0.2) is 4.39 Å². The summed E-state index contributed by atoms with van der Waals surface area (Å²) in [5.74, 6) is -0.0501. The fourth-order valence-electron chi connectivity index (χ4n) is 3.01. The molecule has 0 spiro atoms. The van der Waals surface area contributed by atoms with Crippen molar-refractivity contribution in [2.75, 3.05) is 0 Å². The molecule has 2 aromatic rings. The van der Waals surface area contributed by atoms with Gasteiger partial charge in [-0.3, -0.25) is 4.79 Å². The molecule has 1 unspecified atom stereocenters. The number of hydrogen-bond acceptors (Lipinski definition) is 1. The third-order valence-electron chi connectivity index (χ3n) is 4.12. The molecule has 0 N–H and O–H groups in total. The van der Waals surface area contributed by atoms with E-state index in [1.807, 2.05) is 24.3 Å². The molecule has 0 aromatic heterocycles. The topological polar surface area (TPSA) is 17.1 Å². The number of halogens is 2. The molecule has 0 amide bonds. The second-order valence-corrected chi connectivity index (χ2v) is 6.42. The van der Waals surface area contributed by atoms with Crippen LogP contribution < -0.4 is 0 Å². The molecule has 0 bridgehead atoms. The summed E-state index contributed by atoms with van der Waals surface area (Å²) in [6, 6.07) is 12.9. The smallest absolute Gasteiger partial charge is 0.166 e. The number of fused-ring (bicyclic) bond motifs is 1. The van der Waals surface area contributed by atoms with Gasteiger partial charge in [0.15, 0.2) is 5.78 Å². The SMILES string of the molecule is O=C1c2ccccc2CCCC1Cc1ccc(F)c(Br)c1. The zero-order chi connectivity index (χ0) is 14.8. The maximum Gasteiger partial charge on any atom is 0.166 e. The van der Waals surface area contributed by atoms with Crippen LogP contribution in [0.4, 0.5) is 4.39 Å². The Bertz CT molecular complexity index is 681. The highest BCUT2D eigenvalue weighted by Gasteiger charge is 2.25. The molecule has 0 aliphatic heterocycles. The lowest BCUT2D eigenvalue weighted by molar-refractivity contribution is 0.0915. The molecular formula is C18H16BrFO. The van der Waals surface area contributed by atoms with Crippen LogP contribution in [-0.2, 0) is 12.8 Å². The summed E-state index contributed by atoms with van der Waals surface area (Å²) in [6.07, 6.45) is 3.55. The molecule has 0 fully saturated rings. The molecule has 0 saturated carbocycles. The van der Waals surface area contributed by atoms with Crippen LogP contribution in [0.1, 0.15) is 34.3 Å². The van der Waals surface area contributed by atoms with E-state index >= 15 is 0 Å². The normalized spacial score (nSPS) is 18.2. The van der Waals surface area contributed by atoms with Crippen LogP contribution in [0.25, 0.3) is 0 Å². The van der Waals surface area contributed by atoms with E-state index in [9.17, 15) is 9.18 Å². The molecule has 3 rings (SSSR count). The van der Waals surface area contributed by atoms with Gasteiger partial charge in [-0.2, -0.15) is 0 Å². The van der Waals surface area contributed by atoms with Gasteiger partial charge in [0.25, 0.3) is 0 Å². The summed E-state index contributed by atoms with van der Waals surface area (Å²) in [7, 11) is 0. The third kappa shape index (κ3) is 3.08. The average molecular weight is 347 g/mol. The highest BCUT2D eigenvalue weighted by atomic mass is 79.9. The Balaban J connectivity index is 1.85. The Hall–Kier alpha value is -1.48. The number of hydrogen-bond donors (Lipinski definition) is 0. The van der Waals surface area contributed by atoms with E-state index in [2.05, 4.69) is 15.9 Å². The van der Waals surface area contributed by atoms with Gasteiger partial charge >= 0.3 is 0 Å². The average Bonchev–Trinajstić information content (AvgIpc) is 2.64. The van der Waals surface area contributed by atoms with Crippen molar-refractivity contribution in [2.45, 2.75) is 25.7 Å². The molecule has 1 aliphatic carbocycles. The Kier molecular flexibility index (Phi) is 4.20. The standard InChI is InChI=1S/C18H16BrFO/c19-16-11-12(8-9-17(16)20)10-14-6-3-5-13-4-1-2-7-15(13)18(14)21/h1-2,4,7-9,11,14H,3,5-6,10H2. The number of carbonyl (C=O) groups is 1. The molecule has 2 aromatic carbocycles. The lowest BCUT2D eigenvalue weighted by Crippen LogP contribution is -2.16. The van der Waals surface area contributed by atoms with Gasteiger partial charge < -0.3 is 0 Å². The van der Waals surface area contributed by atoms with Crippen molar-refractivity contribution in [1.82, 2.24) is 0 Å². The number of ketones is 1. The lowest BCUT2D eigenvalue weighted by Gasteiger charge is -2.14. The third-order valence-corrected chi connectivity index (χ3v) is 4.73. The summed E-state index contributed by atoms with van der Waals surface area (Å²) in [5.41, 5.74) is 3.02. The van der Waals surface area contributed by atoms with Crippen molar-refractivity contribution >= 4 is 21.7 Å². The van der Waals surface area contributed by atoms with E-state index in [1.165, 1.54) is 6.07 Å². The first-order chi connectivity index (χ1) is 10.1. The van der Waals surface area contributed by atoms with Gasteiger partial charge in [-0.15, -0.1) is 0 Å². The van der Waals surface area contributed by atoms with Crippen molar-refractivity contribution in [3.8, 4) is 0 Å². The lowest BCUT2D eigenvalue weighted by atomic mass is 9.89. The maximum atomic E-state index is 13.3. The molecule has 3 heteroatoms. The van der Waals surface area contributed by atoms with E-state index < -0.39 is 0 Å². The molecule has 0 heterocycles. The highest BCUT2D eigenvalue weighted by molar-refractivity contribution is 9.10. The van der Waals surface area contributed by atoms with Crippen LogP contribution in [0.15, 0.2) is 46.9 Å². The molecule has 1 aliphatic rings. The molecule has 108 valence electrons. The van der Waals surface area contributed by atoms with Gasteiger partial charge in [0.05, 0.1) is 4.47 Å². The molecule has 21 heavy (non-hydrogen) atoms. The first-order valence-electron chi connectivity index (χ1n) is 7.21. The van der Waals surface area contributed by atoms with Crippen molar-refractivity contribution in [1.29, 1.82) is 0 Å². The zero-order valence-corrected chi connectivity index (χ0v) is 13.2. The van der Waals surface area contributed by atoms with Crippen molar-refractivity contribution in [3.05, 3.63) is 69.4 Å². The summed E-state index contributed by atoms with van der Waals surface area (Å²) in [5, 5.41) is 0. The summed E-state index contributed by atoms with van der Waals surface area (Å²) < 4.78 is 13.8. The summed E-state index contributed by atoms with van der Waals surface area (Å²) in [4.78, 5) is 12.7. The highest BCUT2D eigenvalue weighted by Crippen LogP contribution is 2.28. The number of Topliss-reactive ketones (excluding diaryl/α,β-unsaturated/α-hetero) is 1. The number of rotatable bonds is 2. The quantitative estimate of drug-likeness (QED) is 0.702. The molecule has 1 nitrogen and oxygen atoms in total. The van der Waals surface area contributed by atoms with Gasteiger partial charge in [-0.1, -0.05) is 30.3 Å². The van der Waals surface area contributed by atoms with Gasteiger partial charge in [-0.05, 0) is 64.9 Å². The minimum Gasteiger partial charge on any atom is -0.294 e. The molecule has 0 saturated heterocycles. The van der Waals surface area contributed by atoms with E-state index in [1.54, 1.807) is 12.1 Å². The van der Waals surface area contributed by atoms with Crippen molar-refractivity contribution < 1.29 is 9.18 Å². The first-order valence-corrected chi connectivity index (χ1v) is 8.00. The molecular weight excluding hydrogens is 331 g/mol. The maximum absolute atomic E-state index is 13.3. The largest absolute Gasteiger partial charge is 0.294 e. The number of aryl methyl sites for hydroxylation is 1. The van der Waals surface area contributed by atoms with E-state index in [0.29, 0.717) is 10.9 Å². The first kappa shape index (κ1) is 14.5. The predicted octanol–water partition coefficient (Wildman–Crippen LogP) is 4.97. The van der Waals surface area contributed by atoms with E-state index in [0.717, 1.165) is 36.0 Å². The van der Waals surface area contributed by atoms with Crippen LogP contribution in [0.2, 0.25) is 0 Å². The minimum atomic E-state index is -0.267. The predicted molar refractivity (Wildman–Crippen MR) is 85.0 cm³/mol.